The maximum atomic E-state index is 12.4. The largest absolute Gasteiger partial charge is 0.319 e. The van der Waals surface area contributed by atoms with Crippen molar-refractivity contribution in [2.45, 2.75) is 12.5 Å². The Labute approximate surface area is 84.2 Å². The lowest BCUT2D eigenvalue weighted by molar-refractivity contribution is 0.117. The van der Waals surface area contributed by atoms with Crippen molar-refractivity contribution >= 4 is 21.4 Å². The molecule has 1 aromatic carbocycles. The van der Waals surface area contributed by atoms with Gasteiger partial charge in [0.2, 0.25) is 0 Å². The Morgan fingerprint density at radius 3 is 2.64 bits per heavy atom. The van der Waals surface area contributed by atoms with Gasteiger partial charge in [0.25, 0.3) is 6.43 Å². The average molecular weight is 213 g/mol. The van der Waals surface area contributed by atoms with E-state index in [1.54, 1.807) is 5.38 Å². The fraction of sp³-hybridized carbons (Fsp3) is 0.200. The zero-order chi connectivity index (χ0) is 10.1. The van der Waals surface area contributed by atoms with Crippen LogP contribution in [0, 0.1) is 0 Å². The van der Waals surface area contributed by atoms with Crippen LogP contribution in [0.1, 0.15) is 11.6 Å². The molecule has 2 N–H and O–H groups in total. The minimum absolute atomic E-state index is 0.542. The van der Waals surface area contributed by atoms with Gasteiger partial charge in [0.05, 0.1) is 6.04 Å². The Morgan fingerprint density at radius 1 is 1.21 bits per heavy atom. The molecule has 0 aliphatic rings. The van der Waals surface area contributed by atoms with Crippen molar-refractivity contribution in [2.24, 2.45) is 5.73 Å². The number of alkyl halides is 2. The van der Waals surface area contributed by atoms with Gasteiger partial charge in [-0.2, -0.15) is 0 Å². The first kappa shape index (κ1) is 9.55. The highest BCUT2D eigenvalue weighted by Crippen LogP contribution is 2.31. The van der Waals surface area contributed by atoms with Crippen molar-refractivity contribution in [1.29, 1.82) is 0 Å². The molecule has 4 heteroatoms. The molecular weight excluding hydrogens is 204 g/mol. The molecule has 1 heterocycles. The monoisotopic (exact) mass is 213 g/mol. The highest BCUT2D eigenvalue weighted by molar-refractivity contribution is 7.17. The summed E-state index contributed by atoms with van der Waals surface area (Å²) in [6.45, 7) is 0. The number of hydrogen-bond donors (Lipinski definition) is 1. The number of halogens is 2. The molecule has 74 valence electrons. The minimum atomic E-state index is -2.51. The van der Waals surface area contributed by atoms with Gasteiger partial charge in [-0.25, -0.2) is 8.78 Å². The molecule has 0 aliphatic carbocycles. The lowest BCUT2D eigenvalue weighted by atomic mass is 10.1. The average Bonchev–Trinajstić information content (AvgIpc) is 2.60. The van der Waals surface area contributed by atoms with Crippen LogP contribution in [-0.2, 0) is 0 Å². The maximum Gasteiger partial charge on any atom is 0.257 e. The molecule has 0 spiro atoms. The van der Waals surface area contributed by atoms with Crippen LogP contribution in [0.5, 0.6) is 0 Å². The molecule has 0 saturated carbocycles. The van der Waals surface area contributed by atoms with Gasteiger partial charge in [0.15, 0.2) is 0 Å². The van der Waals surface area contributed by atoms with Crippen LogP contribution in [0.15, 0.2) is 29.6 Å². The van der Waals surface area contributed by atoms with Crippen LogP contribution in [0.3, 0.4) is 0 Å². The quantitative estimate of drug-likeness (QED) is 0.814. The van der Waals surface area contributed by atoms with Gasteiger partial charge in [0.1, 0.15) is 0 Å². The van der Waals surface area contributed by atoms with Gasteiger partial charge in [-0.1, -0.05) is 18.2 Å². The van der Waals surface area contributed by atoms with Crippen molar-refractivity contribution in [3.8, 4) is 0 Å². The van der Waals surface area contributed by atoms with Crippen LogP contribution in [0.4, 0.5) is 8.78 Å². The van der Waals surface area contributed by atoms with Gasteiger partial charge in [-0.15, -0.1) is 11.3 Å². The summed E-state index contributed by atoms with van der Waals surface area (Å²) < 4.78 is 25.8. The summed E-state index contributed by atoms with van der Waals surface area (Å²) >= 11 is 1.45. The van der Waals surface area contributed by atoms with Crippen molar-refractivity contribution in [3.05, 3.63) is 35.2 Å². The molecule has 0 saturated heterocycles. The first-order chi connectivity index (χ1) is 6.70. The van der Waals surface area contributed by atoms with Crippen molar-refractivity contribution < 1.29 is 8.78 Å². The van der Waals surface area contributed by atoms with E-state index < -0.39 is 12.5 Å². The number of thiophene rings is 1. The first-order valence-electron chi connectivity index (χ1n) is 4.20. The summed E-state index contributed by atoms with van der Waals surface area (Å²) in [7, 11) is 0. The molecule has 0 bridgehead atoms. The van der Waals surface area contributed by atoms with Gasteiger partial charge in [-0.3, -0.25) is 0 Å². The van der Waals surface area contributed by atoms with E-state index in [1.165, 1.54) is 11.3 Å². The van der Waals surface area contributed by atoms with Crippen LogP contribution < -0.4 is 5.73 Å². The first-order valence-corrected chi connectivity index (χ1v) is 5.08. The third kappa shape index (κ3) is 1.51. The molecular formula is C10H9F2NS. The second kappa shape index (κ2) is 3.63. The molecule has 0 aliphatic heterocycles. The second-order valence-electron chi connectivity index (χ2n) is 3.05. The topological polar surface area (TPSA) is 26.0 Å². The number of rotatable bonds is 2. The summed E-state index contributed by atoms with van der Waals surface area (Å²) in [6, 6.07) is 6.27. The number of fused-ring (bicyclic) bond motifs is 1. The van der Waals surface area contributed by atoms with Crippen LogP contribution in [-0.4, -0.2) is 6.43 Å². The van der Waals surface area contributed by atoms with Gasteiger partial charge >= 0.3 is 0 Å². The fourth-order valence-corrected chi connectivity index (χ4v) is 2.40. The molecule has 0 amide bonds. The lowest BCUT2D eigenvalue weighted by Gasteiger charge is -2.08. The number of hydrogen-bond acceptors (Lipinski definition) is 2. The molecule has 0 unspecified atom stereocenters. The van der Waals surface area contributed by atoms with Crippen LogP contribution >= 0.6 is 11.3 Å². The summed E-state index contributed by atoms with van der Waals surface area (Å²) in [5.41, 5.74) is 5.95. The number of nitrogens with two attached hydrogens (primary N) is 1. The predicted molar refractivity (Wildman–Crippen MR) is 54.8 cm³/mol. The molecule has 1 nitrogen and oxygen atoms in total. The summed E-state index contributed by atoms with van der Waals surface area (Å²) in [4.78, 5) is 0. The lowest BCUT2D eigenvalue weighted by Crippen LogP contribution is -2.18. The van der Waals surface area contributed by atoms with E-state index in [0.717, 1.165) is 10.1 Å². The maximum absolute atomic E-state index is 12.4. The normalized spacial score (nSPS) is 13.7. The van der Waals surface area contributed by atoms with E-state index >= 15 is 0 Å². The highest BCUT2D eigenvalue weighted by atomic mass is 32.1. The molecule has 14 heavy (non-hydrogen) atoms. The zero-order valence-corrected chi connectivity index (χ0v) is 8.10. The molecule has 0 fully saturated rings. The Hall–Kier alpha value is -1.00. The van der Waals surface area contributed by atoms with Crippen molar-refractivity contribution in [2.75, 3.05) is 0 Å². The molecule has 2 rings (SSSR count). The Kier molecular flexibility index (Phi) is 2.48. The van der Waals surface area contributed by atoms with E-state index in [4.69, 9.17) is 5.73 Å². The van der Waals surface area contributed by atoms with Gasteiger partial charge < -0.3 is 5.73 Å². The second-order valence-corrected chi connectivity index (χ2v) is 3.96. The van der Waals surface area contributed by atoms with E-state index in [9.17, 15) is 8.78 Å². The summed E-state index contributed by atoms with van der Waals surface area (Å²) in [5, 5.41) is 2.55. The Morgan fingerprint density at radius 2 is 1.93 bits per heavy atom. The standard InChI is InChI=1S/C10H9F2NS/c11-10(12)9(13)7-5-14-8-4-2-1-3-6(7)8/h1-5,9-10H,13H2/t9-/m1/s1. The Bertz CT molecular complexity index is 438. The van der Waals surface area contributed by atoms with Crippen LogP contribution in [0.25, 0.3) is 10.1 Å². The van der Waals surface area contributed by atoms with E-state index in [1.807, 2.05) is 24.3 Å². The smallest absolute Gasteiger partial charge is 0.257 e. The predicted octanol–water partition coefficient (Wildman–Crippen LogP) is 3.17. The van der Waals surface area contributed by atoms with E-state index in [2.05, 4.69) is 0 Å². The van der Waals surface area contributed by atoms with E-state index in [-0.39, 0.29) is 0 Å². The fourth-order valence-electron chi connectivity index (χ4n) is 1.39. The minimum Gasteiger partial charge on any atom is -0.319 e. The van der Waals surface area contributed by atoms with Crippen molar-refractivity contribution in [3.63, 3.8) is 0 Å². The van der Waals surface area contributed by atoms with Gasteiger partial charge in [0, 0.05) is 4.70 Å². The molecule has 2 aromatic rings. The number of benzene rings is 1. The van der Waals surface area contributed by atoms with E-state index in [0.29, 0.717) is 5.56 Å². The highest BCUT2D eigenvalue weighted by Gasteiger charge is 2.20. The molecule has 1 aromatic heterocycles. The Balaban J connectivity index is 2.53. The molecule has 0 radical (unpaired) electrons. The van der Waals surface area contributed by atoms with Crippen LogP contribution in [0.2, 0.25) is 0 Å². The summed E-state index contributed by atoms with van der Waals surface area (Å²) in [5.74, 6) is 0. The molecule has 1 atom stereocenters. The summed E-state index contributed by atoms with van der Waals surface area (Å²) in [6.07, 6.45) is -2.51. The SMILES string of the molecule is N[C@H](c1csc2ccccc12)C(F)F. The van der Waals surface area contributed by atoms with Gasteiger partial charge in [-0.05, 0) is 22.4 Å². The zero-order valence-electron chi connectivity index (χ0n) is 7.28. The van der Waals surface area contributed by atoms with Crippen molar-refractivity contribution in [1.82, 2.24) is 0 Å². The third-order valence-electron chi connectivity index (χ3n) is 2.14. The third-order valence-corrected chi connectivity index (χ3v) is 3.12.